The fourth-order valence-electron chi connectivity index (χ4n) is 1.82. The molecule has 0 heterocycles. The third kappa shape index (κ3) is 5.22. The Morgan fingerprint density at radius 1 is 1.32 bits per heavy atom. The van der Waals surface area contributed by atoms with Crippen LogP contribution in [0.1, 0.15) is 35.7 Å². The van der Waals surface area contributed by atoms with Crippen molar-refractivity contribution in [2.45, 2.75) is 26.2 Å². The highest BCUT2D eigenvalue weighted by molar-refractivity contribution is 7.78. The van der Waals surface area contributed by atoms with Crippen molar-refractivity contribution >= 4 is 23.5 Å². The number of Topliss-reactive ketones (excluding diaryl/α,β-unsaturated/α-hetero) is 1. The Balaban J connectivity index is 0.000000203. The van der Waals surface area contributed by atoms with Crippen molar-refractivity contribution in [3.8, 4) is 0 Å². The molecule has 1 aliphatic carbocycles. The first-order chi connectivity index (χ1) is 9.19. The molecule has 0 unspecified atom stereocenters. The van der Waals surface area contributed by atoms with Crippen molar-refractivity contribution in [3.63, 3.8) is 0 Å². The highest BCUT2D eigenvalue weighted by atomic mass is 32.1. The highest BCUT2D eigenvalue weighted by Gasteiger charge is 2.14. The first-order valence-electron chi connectivity index (χ1n) is 6.34. The van der Waals surface area contributed by atoms with Crippen molar-refractivity contribution in [2.75, 3.05) is 7.05 Å². The first kappa shape index (κ1) is 15.4. The lowest BCUT2D eigenvalue weighted by molar-refractivity contribution is 0.0972. The lowest BCUT2D eigenvalue weighted by Crippen LogP contribution is -2.09. The van der Waals surface area contributed by atoms with E-state index in [1.165, 1.54) is 11.1 Å². The summed E-state index contributed by atoms with van der Waals surface area (Å²) >= 11 is 4.51. The zero-order valence-corrected chi connectivity index (χ0v) is 12.2. The summed E-state index contributed by atoms with van der Waals surface area (Å²) in [6.07, 6.45) is 4.63. The van der Waals surface area contributed by atoms with E-state index in [1.807, 2.05) is 38.2 Å². The molecule has 0 radical (unpaired) electrons. The van der Waals surface area contributed by atoms with Crippen LogP contribution in [0.2, 0.25) is 0 Å². The Hall–Kier alpha value is -1.68. The average molecular weight is 276 g/mol. The van der Waals surface area contributed by atoms with E-state index in [4.69, 9.17) is 0 Å². The van der Waals surface area contributed by atoms with E-state index in [0.717, 1.165) is 30.5 Å². The smallest absolute Gasteiger partial charge is 0.163 e. The quantitative estimate of drug-likeness (QED) is 0.833. The number of hydrogen-bond donors (Lipinski definition) is 2. The van der Waals surface area contributed by atoms with Gasteiger partial charge in [-0.05, 0) is 25.3 Å². The fourth-order valence-corrected chi connectivity index (χ4v) is 1.88. The van der Waals surface area contributed by atoms with Gasteiger partial charge in [0, 0.05) is 30.9 Å². The second kappa shape index (κ2) is 8.43. The van der Waals surface area contributed by atoms with Gasteiger partial charge in [0.1, 0.15) is 0 Å². The van der Waals surface area contributed by atoms with Crippen molar-refractivity contribution < 1.29 is 4.79 Å². The van der Waals surface area contributed by atoms with Gasteiger partial charge in [-0.15, -0.1) is 0 Å². The molecule has 19 heavy (non-hydrogen) atoms. The maximum absolute atomic E-state index is 11.3. The Bertz CT molecular complexity index is 469. The van der Waals surface area contributed by atoms with E-state index in [-0.39, 0.29) is 0 Å². The van der Waals surface area contributed by atoms with Gasteiger partial charge >= 0.3 is 0 Å². The van der Waals surface area contributed by atoms with Gasteiger partial charge in [0.15, 0.2) is 5.78 Å². The molecule has 3 nitrogen and oxygen atoms in total. The number of nitrogens with one attached hydrogen (secondary N) is 2. The molecule has 1 aromatic rings. The predicted molar refractivity (Wildman–Crippen MR) is 83.3 cm³/mol. The van der Waals surface area contributed by atoms with Crippen LogP contribution < -0.4 is 10.6 Å². The van der Waals surface area contributed by atoms with Crippen LogP contribution in [-0.2, 0) is 6.42 Å². The molecule has 0 fully saturated rings. The second-order valence-electron chi connectivity index (χ2n) is 4.30. The number of allylic oxidation sites excluding steroid dienone is 1. The maximum atomic E-state index is 11.3. The van der Waals surface area contributed by atoms with E-state index in [9.17, 15) is 4.79 Å². The molecule has 102 valence electrons. The highest BCUT2D eigenvalue weighted by Crippen LogP contribution is 2.19. The number of rotatable bonds is 3. The molecule has 0 saturated heterocycles. The SMILES string of the molecule is CN/C(C)=C\NC=S.O=C1CCCc2ccccc21. The summed E-state index contributed by atoms with van der Waals surface area (Å²) in [5.41, 5.74) is 4.69. The van der Waals surface area contributed by atoms with Crippen LogP contribution in [0.25, 0.3) is 0 Å². The summed E-state index contributed by atoms with van der Waals surface area (Å²) in [5, 5.41) is 5.70. The van der Waals surface area contributed by atoms with Crippen LogP contribution in [0.4, 0.5) is 0 Å². The molecule has 2 rings (SSSR count). The molecule has 0 saturated carbocycles. The van der Waals surface area contributed by atoms with Gasteiger partial charge in [-0.1, -0.05) is 36.5 Å². The number of hydrogen-bond acceptors (Lipinski definition) is 3. The summed E-state index contributed by atoms with van der Waals surface area (Å²) in [6, 6.07) is 7.91. The van der Waals surface area contributed by atoms with E-state index in [1.54, 1.807) is 6.20 Å². The van der Waals surface area contributed by atoms with Gasteiger partial charge in [-0.3, -0.25) is 4.79 Å². The van der Waals surface area contributed by atoms with Gasteiger partial charge < -0.3 is 10.6 Å². The van der Waals surface area contributed by atoms with Gasteiger partial charge in [-0.25, -0.2) is 0 Å². The number of thiocarbonyl (C=S) groups is 1. The standard InChI is InChI=1S/C10H10O.C5H10N2S/c11-10-7-3-5-8-4-1-2-6-9(8)10;1-5(6-2)3-7-4-8/h1-2,4,6H,3,5,7H2;3-4,6H,1-2H3,(H,7,8)/b;5-3-. The van der Waals surface area contributed by atoms with E-state index in [0.29, 0.717) is 5.78 Å². The minimum absolute atomic E-state index is 0.312. The summed E-state index contributed by atoms with van der Waals surface area (Å²) in [4.78, 5) is 11.3. The Labute approximate surface area is 120 Å². The summed E-state index contributed by atoms with van der Waals surface area (Å²) in [7, 11) is 1.86. The number of carbonyl (C=O) groups excluding carboxylic acids is 1. The third-order valence-corrected chi connectivity index (χ3v) is 3.07. The molecular formula is C15H20N2OS. The van der Waals surface area contributed by atoms with Crippen LogP contribution in [0.5, 0.6) is 0 Å². The van der Waals surface area contributed by atoms with Crippen LogP contribution in [0.15, 0.2) is 36.2 Å². The number of fused-ring (bicyclic) bond motifs is 1. The van der Waals surface area contributed by atoms with E-state index >= 15 is 0 Å². The zero-order chi connectivity index (χ0) is 14.1. The number of carbonyl (C=O) groups is 1. The van der Waals surface area contributed by atoms with Crippen LogP contribution in [0.3, 0.4) is 0 Å². The molecule has 0 spiro atoms. The molecular weight excluding hydrogens is 256 g/mol. The zero-order valence-electron chi connectivity index (χ0n) is 11.4. The third-order valence-electron chi connectivity index (χ3n) is 2.93. The summed E-state index contributed by atoms with van der Waals surface area (Å²) in [5.74, 6) is 0.312. The number of aryl methyl sites for hydroxylation is 1. The normalized spacial score (nSPS) is 13.8. The largest absolute Gasteiger partial charge is 0.390 e. The van der Waals surface area contributed by atoms with Gasteiger partial charge in [0.2, 0.25) is 0 Å². The minimum atomic E-state index is 0.312. The van der Waals surface area contributed by atoms with Crippen molar-refractivity contribution in [3.05, 3.63) is 47.3 Å². The monoisotopic (exact) mass is 276 g/mol. The lowest BCUT2D eigenvalue weighted by atomic mass is 9.91. The molecule has 1 aliphatic rings. The molecule has 0 atom stereocenters. The summed E-state index contributed by atoms with van der Waals surface area (Å²) < 4.78 is 0. The number of benzene rings is 1. The Kier molecular flexibility index (Phi) is 6.82. The van der Waals surface area contributed by atoms with Crippen LogP contribution in [0, 0.1) is 0 Å². The topological polar surface area (TPSA) is 41.1 Å². The number of ketones is 1. The lowest BCUT2D eigenvalue weighted by Gasteiger charge is -2.12. The predicted octanol–water partition coefficient (Wildman–Crippen LogP) is 2.82. The second-order valence-corrected chi connectivity index (χ2v) is 4.53. The molecule has 0 aromatic heterocycles. The molecule has 2 N–H and O–H groups in total. The van der Waals surface area contributed by atoms with Crippen molar-refractivity contribution in [1.29, 1.82) is 0 Å². The van der Waals surface area contributed by atoms with Gasteiger partial charge in [0.05, 0.1) is 5.49 Å². The van der Waals surface area contributed by atoms with Crippen molar-refractivity contribution in [1.82, 2.24) is 10.6 Å². The van der Waals surface area contributed by atoms with Crippen LogP contribution in [-0.4, -0.2) is 18.3 Å². The first-order valence-corrected chi connectivity index (χ1v) is 6.81. The fraction of sp³-hybridized carbons (Fsp3) is 0.333. The molecule has 0 bridgehead atoms. The summed E-state index contributed by atoms with van der Waals surface area (Å²) in [6.45, 7) is 1.95. The van der Waals surface area contributed by atoms with Gasteiger partial charge in [-0.2, -0.15) is 0 Å². The van der Waals surface area contributed by atoms with E-state index in [2.05, 4.69) is 22.9 Å². The Morgan fingerprint density at radius 2 is 2.05 bits per heavy atom. The molecule has 0 amide bonds. The average Bonchev–Trinajstić information content (AvgIpc) is 2.46. The maximum Gasteiger partial charge on any atom is 0.163 e. The van der Waals surface area contributed by atoms with Crippen molar-refractivity contribution in [2.24, 2.45) is 0 Å². The Morgan fingerprint density at radius 3 is 2.68 bits per heavy atom. The van der Waals surface area contributed by atoms with Crippen LogP contribution >= 0.6 is 12.2 Å². The van der Waals surface area contributed by atoms with E-state index < -0.39 is 0 Å². The van der Waals surface area contributed by atoms with Gasteiger partial charge in [0.25, 0.3) is 0 Å². The molecule has 4 heteroatoms. The molecule has 0 aliphatic heterocycles. The minimum Gasteiger partial charge on any atom is -0.390 e. The molecule has 1 aromatic carbocycles.